The number of anilines is 2. The number of hydrogen-bond acceptors (Lipinski definition) is 18. The molecule has 2 aliphatic rings. The molecule has 8 atom stereocenters. The molecule has 2 aromatic carbocycles. The predicted octanol–water partition coefficient (Wildman–Crippen LogP) is 5.11. The first-order valence-electron chi connectivity index (χ1n) is 20.6. The minimum absolute atomic E-state index is 0.00771. The molecule has 24 nitrogen and oxygen atoms in total. The average molecular weight is 959 g/mol. The van der Waals surface area contributed by atoms with E-state index in [0.717, 1.165) is 0 Å². The molecule has 0 radical (unpaired) electrons. The van der Waals surface area contributed by atoms with Crippen LogP contribution in [0.3, 0.4) is 0 Å². The summed E-state index contributed by atoms with van der Waals surface area (Å²) >= 11 is 0. The van der Waals surface area contributed by atoms with Gasteiger partial charge >= 0.3 is 15.5 Å². The second kappa shape index (κ2) is 21.0. The monoisotopic (exact) mass is 958 g/mol. The molecule has 0 bridgehead atoms. The lowest BCUT2D eigenvalue weighted by atomic mass is 10.1. The first kappa shape index (κ1) is 47.0. The van der Waals surface area contributed by atoms with Crippen molar-refractivity contribution in [3.63, 3.8) is 0 Å². The summed E-state index contributed by atoms with van der Waals surface area (Å²) in [6.07, 6.45) is -1.27. The molecule has 5 N–H and O–H groups in total. The number of fused-ring (bicyclic) bond motifs is 2. The molecular weight excluding hydrogens is 917 g/mol. The van der Waals surface area contributed by atoms with Crippen LogP contribution in [0, 0.1) is 22.7 Å². The van der Waals surface area contributed by atoms with E-state index < -0.39 is 77.4 Å². The van der Waals surface area contributed by atoms with Gasteiger partial charge in [-0.15, -0.1) is 0 Å². The number of carbonyl (C=O) groups is 2. The fraction of sp³-hybridized carbons (Fsp3) is 0.350. The highest BCUT2D eigenvalue weighted by Crippen LogP contribution is 2.49. The number of rotatable bonds is 20. The van der Waals surface area contributed by atoms with Gasteiger partial charge in [-0.3, -0.25) is 36.8 Å². The molecule has 348 valence electrons. The summed E-state index contributed by atoms with van der Waals surface area (Å²) in [5, 5.41) is 26.5. The number of hydrogen-bond donors (Lipinski definition) is 4. The van der Waals surface area contributed by atoms with Crippen molar-refractivity contribution in [1.82, 2.24) is 44.1 Å². The zero-order chi connectivity index (χ0) is 47.0. The number of halogens is 1. The van der Waals surface area contributed by atoms with Crippen molar-refractivity contribution < 1.29 is 50.7 Å². The normalized spacial score (nSPS) is 22.1. The molecule has 0 aliphatic carbocycles. The van der Waals surface area contributed by atoms with Gasteiger partial charge in [0.15, 0.2) is 40.2 Å². The molecule has 67 heavy (non-hydrogen) atoms. The smallest absolute Gasteiger partial charge is 0.351 e. The predicted molar refractivity (Wildman–Crippen MR) is 232 cm³/mol. The third-order valence-corrected chi connectivity index (χ3v) is 13.0. The van der Waals surface area contributed by atoms with E-state index in [0.29, 0.717) is 11.1 Å². The van der Waals surface area contributed by atoms with Gasteiger partial charge in [-0.25, -0.2) is 54.0 Å². The number of nitrogens with zero attached hydrogens (tertiary/aromatic N) is 10. The topological polar surface area (TPSA) is 321 Å². The maximum Gasteiger partial charge on any atom is 0.405 e. The summed E-state index contributed by atoms with van der Waals surface area (Å²) in [6, 6.07) is 19.7. The highest BCUT2D eigenvalue weighted by Gasteiger charge is 2.44. The number of carbonyl (C=O) groups excluding carboxylic acids is 2. The number of nitriles is 2. The van der Waals surface area contributed by atoms with Crippen LogP contribution in [-0.4, -0.2) is 102 Å². The number of benzene rings is 2. The third kappa shape index (κ3) is 11.2. The zero-order valence-electron chi connectivity index (χ0n) is 35.1. The summed E-state index contributed by atoms with van der Waals surface area (Å²) in [5.74, 6) is -0.659. The van der Waals surface area contributed by atoms with Gasteiger partial charge in [-0.05, 0) is 24.3 Å². The lowest BCUT2D eigenvalue weighted by molar-refractivity contribution is -0.0344. The Bertz CT molecular complexity index is 2900. The van der Waals surface area contributed by atoms with E-state index >= 15 is 4.39 Å². The number of ether oxygens (including phenoxy) is 2. The van der Waals surface area contributed by atoms with Gasteiger partial charge in [-0.2, -0.15) is 10.5 Å². The Hall–Kier alpha value is -6.47. The van der Waals surface area contributed by atoms with Crippen molar-refractivity contribution in [3.8, 4) is 12.1 Å². The molecule has 0 spiro atoms. The molecule has 2 amide bonds. The third-order valence-electron chi connectivity index (χ3n) is 10.3. The molecule has 0 saturated carbocycles. The van der Waals surface area contributed by atoms with Crippen molar-refractivity contribution >= 4 is 61.3 Å². The Morgan fingerprint density at radius 2 is 1.31 bits per heavy atom. The van der Waals surface area contributed by atoms with Gasteiger partial charge in [0.05, 0.1) is 82.3 Å². The standard InChI is InChI=1S/C40H41FN14O10P2/c41-28-17-27(64-40(28)55-24-50-33-35(46-22-48-37(33)55)52-39(57)26-11-5-2-6-12-26)19-63-67(59,61-16-8-14-43)53-29-18-31(65-30(29)20-62-66(44,58)60-15-7-13-42)54-23-49-32-34(45-21-47-36(32)54)51-38(56)25-9-3-1-4-10-25/h1-6,9-12,21-24,27-31,40H,7-8,15-20H2,(H2,44,58)(H,53,59)(H,45,47,51,56)(H,46,48,52,57)/t27-,28+,29-,30+,31+,40+,66?,67?/m0/s1. The first-order valence-corrected chi connectivity index (χ1v) is 23.7. The minimum Gasteiger partial charge on any atom is -0.351 e. The number of alkyl halides is 1. The molecule has 6 heterocycles. The molecule has 2 aliphatic heterocycles. The van der Waals surface area contributed by atoms with Gasteiger partial charge in [0.1, 0.15) is 25.1 Å². The van der Waals surface area contributed by atoms with E-state index in [1.807, 2.05) is 12.1 Å². The van der Waals surface area contributed by atoms with Crippen LogP contribution < -0.4 is 21.2 Å². The Kier molecular flexibility index (Phi) is 14.7. The average Bonchev–Trinajstić information content (AvgIpc) is 4.14. The highest BCUT2D eigenvalue weighted by atomic mass is 31.2. The summed E-state index contributed by atoms with van der Waals surface area (Å²) in [6.45, 7) is -1.57. The Morgan fingerprint density at radius 3 is 1.91 bits per heavy atom. The van der Waals surface area contributed by atoms with Gasteiger partial charge in [0.2, 0.25) is 0 Å². The van der Waals surface area contributed by atoms with Crippen molar-refractivity contribution in [1.29, 1.82) is 10.5 Å². The van der Waals surface area contributed by atoms with E-state index in [1.165, 1.54) is 34.4 Å². The van der Waals surface area contributed by atoms with E-state index in [1.54, 1.807) is 60.7 Å². The molecular formula is C40H41FN14O10P2. The van der Waals surface area contributed by atoms with Crippen LogP contribution in [0.4, 0.5) is 16.0 Å². The molecule has 2 unspecified atom stereocenters. The molecule has 8 rings (SSSR count). The SMILES string of the molecule is N#CCCOP(N)(=O)OC[C@H]1O[C@@H](n2cnc3c(NC(=O)c4ccccc4)ncnc32)C[C@@H]1NP(=O)(OCCC#N)OC[C@@H]1C[C@@H](F)[C@H](n2cnc3c(NC(=O)c4ccccc4)ncnc32)O1. The number of nitrogens with two attached hydrogens (primary N) is 1. The number of amides is 2. The second-order valence-electron chi connectivity index (χ2n) is 14.8. The largest absolute Gasteiger partial charge is 0.405 e. The summed E-state index contributed by atoms with van der Waals surface area (Å²) < 4.78 is 80.8. The van der Waals surface area contributed by atoms with Crippen molar-refractivity contribution in [2.75, 3.05) is 37.1 Å². The highest BCUT2D eigenvalue weighted by molar-refractivity contribution is 7.51. The summed E-state index contributed by atoms with van der Waals surface area (Å²) in [5.41, 5.74) is 7.39. The fourth-order valence-electron chi connectivity index (χ4n) is 7.21. The van der Waals surface area contributed by atoms with E-state index in [4.69, 9.17) is 38.3 Å². The number of nitrogens with one attached hydrogen (secondary N) is 3. The minimum atomic E-state index is -4.45. The van der Waals surface area contributed by atoms with Crippen LogP contribution >= 0.6 is 15.5 Å². The Balaban J connectivity index is 0.987. The molecule has 4 aromatic heterocycles. The zero-order valence-corrected chi connectivity index (χ0v) is 36.9. The van der Waals surface area contributed by atoms with Crippen LogP contribution in [0.25, 0.3) is 22.3 Å². The van der Waals surface area contributed by atoms with Gasteiger partial charge in [0.25, 0.3) is 11.8 Å². The van der Waals surface area contributed by atoms with E-state index in [-0.39, 0.29) is 72.9 Å². The Morgan fingerprint density at radius 1 is 0.746 bits per heavy atom. The lowest BCUT2D eigenvalue weighted by Crippen LogP contribution is -2.38. The van der Waals surface area contributed by atoms with Crippen molar-refractivity contribution in [3.05, 3.63) is 97.1 Å². The lowest BCUT2D eigenvalue weighted by Gasteiger charge is -2.26. The maximum atomic E-state index is 15.8. The quantitative estimate of drug-likeness (QED) is 0.0570. The maximum absolute atomic E-state index is 15.8. The molecule has 6 aromatic rings. The summed E-state index contributed by atoms with van der Waals surface area (Å²) in [7, 11) is -8.68. The number of aromatic nitrogens is 8. The van der Waals surface area contributed by atoms with Crippen LogP contribution in [0.5, 0.6) is 0 Å². The second-order valence-corrected chi connectivity index (χ2v) is 18.2. The van der Waals surface area contributed by atoms with Gasteiger partial charge in [0, 0.05) is 24.0 Å². The first-order chi connectivity index (χ1) is 32.4. The Labute approximate surface area is 380 Å². The van der Waals surface area contributed by atoms with Crippen LogP contribution in [-0.2, 0) is 36.7 Å². The van der Waals surface area contributed by atoms with Crippen molar-refractivity contribution in [2.45, 2.75) is 62.6 Å². The summed E-state index contributed by atoms with van der Waals surface area (Å²) in [4.78, 5) is 51.6. The van der Waals surface area contributed by atoms with Crippen molar-refractivity contribution in [2.24, 2.45) is 5.50 Å². The van der Waals surface area contributed by atoms with Crippen LogP contribution in [0.1, 0.15) is 58.9 Å². The number of imidazole rings is 2. The van der Waals surface area contributed by atoms with Gasteiger partial charge in [-0.1, -0.05) is 36.4 Å². The molecule has 2 fully saturated rings. The molecule has 2 saturated heterocycles. The van der Waals surface area contributed by atoms with Crippen LogP contribution in [0.15, 0.2) is 86.0 Å². The molecule has 27 heteroatoms. The van der Waals surface area contributed by atoms with E-state index in [9.17, 15) is 24.0 Å². The fourth-order valence-corrected chi connectivity index (χ4v) is 9.58. The van der Waals surface area contributed by atoms with Crippen LogP contribution in [0.2, 0.25) is 0 Å². The van der Waals surface area contributed by atoms with E-state index in [2.05, 4.69) is 45.6 Å². The van der Waals surface area contributed by atoms with Gasteiger partial charge < -0.3 is 20.1 Å².